The number of aromatic nitrogens is 2. The molecule has 0 aliphatic carbocycles. The summed E-state index contributed by atoms with van der Waals surface area (Å²) in [6.45, 7) is 1.07. The molecule has 0 saturated heterocycles. The van der Waals surface area contributed by atoms with Crippen LogP contribution < -0.4 is 10.6 Å². The normalized spacial score (nSPS) is 18.9. The van der Waals surface area contributed by atoms with Gasteiger partial charge in [0.25, 0.3) is 0 Å². The number of amides is 1. The molecule has 8 nitrogen and oxygen atoms in total. The molecule has 0 atom stereocenters. The van der Waals surface area contributed by atoms with Gasteiger partial charge in [-0.05, 0) is 36.1 Å². The van der Waals surface area contributed by atoms with Crippen molar-refractivity contribution in [3.05, 3.63) is 40.7 Å². The number of carbonyl (C=O) groups excluding carboxylic acids is 1. The van der Waals surface area contributed by atoms with Crippen LogP contribution in [0.3, 0.4) is 0 Å². The highest BCUT2D eigenvalue weighted by Gasteiger charge is 2.36. The number of nitrogen functional groups attached to an aromatic ring is 1. The summed E-state index contributed by atoms with van der Waals surface area (Å²) in [5.74, 6) is 0.271. The second-order valence-corrected chi connectivity index (χ2v) is 8.80. The summed E-state index contributed by atoms with van der Waals surface area (Å²) in [6, 6.07) is 3.44. The summed E-state index contributed by atoms with van der Waals surface area (Å²) in [6.07, 6.45) is 3.30. The summed E-state index contributed by atoms with van der Waals surface area (Å²) in [7, 11) is -3.66. The predicted octanol–water partition coefficient (Wildman–Crippen LogP) is 0.599. The van der Waals surface area contributed by atoms with Crippen molar-refractivity contribution in [2.24, 2.45) is 0 Å². The van der Waals surface area contributed by atoms with Gasteiger partial charge in [-0.25, -0.2) is 18.4 Å². The summed E-state index contributed by atoms with van der Waals surface area (Å²) in [4.78, 5) is 22.2. The summed E-state index contributed by atoms with van der Waals surface area (Å²) >= 11 is 0. The summed E-state index contributed by atoms with van der Waals surface area (Å²) < 4.78 is 27.8. The van der Waals surface area contributed by atoms with Gasteiger partial charge in [-0.2, -0.15) is 4.31 Å². The third-order valence-electron chi connectivity index (χ3n) is 5.31. The standard InChI is InChI=1S/C17H17N5O3S/c18-17-19-7-12-8-21(9-14(12)20-17)26(24,25)13-5-10-1-2-15(23)22-4-3-11(6-13)16(10)22/h5-7H,1-4,8-9H2,(H2,18,19,20). The van der Waals surface area contributed by atoms with Gasteiger partial charge < -0.3 is 10.6 Å². The van der Waals surface area contributed by atoms with Crippen LogP contribution in [0.1, 0.15) is 28.8 Å². The Kier molecular flexibility index (Phi) is 3.17. The van der Waals surface area contributed by atoms with E-state index < -0.39 is 10.0 Å². The van der Waals surface area contributed by atoms with Crippen molar-refractivity contribution in [2.75, 3.05) is 17.2 Å². The zero-order chi connectivity index (χ0) is 18.1. The topological polar surface area (TPSA) is 109 Å². The fraction of sp³-hybridized carbons (Fsp3) is 0.353. The predicted molar refractivity (Wildman–Crippen MR) is 93.7 cm³/mol. The third kappa shape index (κ3) is 2.17. The first-order valence-electron chi connectivity index (χ1n) is 8.50. The van der Waals surface area contributed by atoms with E-state index in [2.05, 4.69) is 9.97 Å². The van der Waals surface area contributed by atoms with Gasteiger partial charge in [0.1, 0.15) is 0 Å². The van der Waals surface area contributed by atoms with E-state index in [0.717, 1.165) is 22.4 Å². The first-order valence-corrected chi connectivity index (χ1v) is 9.94. The molecule has 0 unspecified atom stereocenters. The SMILES string of the molecule is Nc1ncc2c(n1)CN(S(=O)(=O)c1cc3c4c(c1)CCN4C(=O)CC3)C2. The summed E-state index contributed by atoms with van der Waals surface area (Å²) in [5, 5.41) is 0. The quantitative estimate of drug-likeness (QED) is 0.828. The van der Waals surface area contributed by atoms with Crippen LogP contribution >= 0.6 is 0 Å². The number of anilines is 2. The molecule has 1 aromatic carbocycles. The van der Waals surface area contributed by atoms with E-state index in [0.29, 0.717) is 31.5 Å². The molecular weight excluding hydrogens is 354 g/mol. The van der Waals surface area contributed by atoms with Crippen LogP contribution in [-0.4, -0.2) is 35.1 Å². The van der Waals surface area contributed by atoms with Gasteiger partial charge in [0.05, 0.1) is 22.8 Å². The second-order valence-electron chi connectivity index (χ2n) is 6.86. The van der Waals surface area contributed by atoms with Crippen LogP contribution in [0.25, 0.3) is 0 Å². The Morgan fingerprint density at radius 3 is 2.62 bits per heavy atom. The zero-order valence-corrected chi connectivity index (χ0v) is 14.8. The number of hydrogen-bond donors (Lipinski definition) is 1. The lowest BCUT2D eigenvalue weighted by Gasteiger charge is -2.26. The highest BCUT2D eigenvalue weighted by atomic mass is 32.2. The minimum atomic E-state index is -3.66. The molecule has 3 aliphatic heterocycles. The molecule has 3 aliphatic rings. The number of fused-ring (bicyclic) bond motifs is 1. The number of carbonyl (C=O) groups is 1. The molecule has 134 valence electrons. The Morgan fingerprint density at radius 1 is 1.04 bits per heavy atom. The van der Waals surface area contributed by atoms with Gasteiger partial charge in [0.15, 0.2) is 0 Å². The molecule has 0 saturated carbocycles. The maximum absolute atomic E-state index is 13.2. The van der Waals surface area contributed by atoms with E-state index in [1.165, 1.54) is 4.31 Å². The Labute approximate surface area is 150 Å². The van der Waals surface area contributed by atoms with Gasteiger partial charge >= 0.3 is 0 Å². The van der Waals surface area contributed by atoms with Gasteiger partial charge in [-0.3, -0.25) is 4.79 Å². The highest BCUT2D eigenvalue weighted by Crippen LogP contribution is 2.39. The van der Waals surface area contributed by atoms with Crippen LogP contribution in [0.2, 0.25) is 0 Å². The van der Waals surface area contributed by atoms with Gasteiger partial charge in [0.2, 0.25) is 21.9 Å². The molecule has 1 amide bonds. The minimum absolute atomic E-state index is 0.123. The largest absolute Gasteiger partial charge is 0.368 e. The number of nitrogens with zero attached hydrogens (tertiary/aromatic N) is 4. The van der Waals surface area contributed by atoms with Crippen molar-refractivity contribution in [2.45, 2.75) is 37.2 Å². The molecule has 1 aromatic heterocycles. The molecule has 0 spiro atoms. The van der Waals surface area contributed by atoms with E-state index in [-0.39, 0.29) is 29.8 Å². The van der Waals surface area contributed by atoms with Crippen molar-refractivity contribution < 1.29 is 13.2 Å². The van der Waals surface area contributed by atoms with Crippen molar-refractivity contribution >= 4 is 27.6 Å². The lowest BCUT2D eigenvalue weighted by molar-refractivity contribution is -0.118. The minimum Gasteiger partial charge on any atom is -0.368 e. The molecule has 0 fully saturated rings. The second kappa shape index (κ2) is 5.24. The van der Waals surface area contributed by atoms with Crippen molar-refractivity contribution in [3.8, 4) is 0 Å². The van der Waals surface area contributed by atoms with Gasteiger partial charge in [0, 0.05) is 31.3 Å². The van der Waals surface area contributed by atoms with E-state index in [9.17, 15) is 13.2 Å². The fourth-order valence-corrected chi connectivity index (χ4v) is 5.52. The number of hydrogen-bond acceptors (Lipinski definition) is 6. The third-order valence-corrected chi connectivity index (χ3v) is 7.08. The van der Waals surface area contributed by atoms with Crippen LogP contribution in [0.4, 0.5) is 11.6 Å². The van der Waals surface area contributed by atoms with Crippen molar-refractivity contribution in [3.63, 3.8) is 0 Å². The van der Waals surface area contributed by atoms with Crippen LogP contribution in [0.5, 0.6) is 0 Å². The monoisotopic (exact) mass is 371 g/mol. The number of nitrogens with two attached hydrogens (primary N) is 1. The first kappa shape index (κ1) is 15.7. The number of rotatable bonds is 2. The number of aryl methyl sites for hydroxylation is 1. The van der Waals surface area contributed by atoms with E-state index in [4.69, 9.17) is 5.73 Å². The van der Waals surface area contributed by atoms with Crippen LogP contribution in [0, 0.1) is 0 Å². The first-order chi connectivity index (χ1) is 12.4. The highest BCUT2D eigenvalue weighted by molar-refractivity contribution is 7.89. The molecular formula is C17H17N5O3S. The summed E-state index contributed by atoms with van der Waals surface area (Å²) in [5.41, 5.74) is 9.84. The fourth-order valence-electron chi connectivity index (χ4n) is 4.03. The molecule has 4 heterocycles. The lowest BCUT2D eigenvalue weighted by atomic mass is 10.00. The average molecular weight is 371 g/mol. The molecule has 0 radical (unpaired) electrons. The molecule has 0 bridgehead atoms. The smallest absolute Gasteiger partial charge is 0.243 e. The molecule has 26 heavy (non-hydrogen) atoms. The van der Waals surface area contributed by atoms with E-state index in [1.54, 1.807) is 23.2 Å². The Morgan fingerprint density at radius 2 is 1.81 bits per heavy atom. The molecule has 5 rings (SSSR count). The Bertz CT molecular complexity index is 1070. The van der Waals surface area contributed by atoms with Crippen molar-refractivity contribution in [1.29, 1.82) is 0 Å². The average Bonchev–Trinajstić information content (AvgIpc) is 3.23. The van der Waals surface area contributed by atoms with Gasteiger partial charge in [-0.1, -0.05) is 0 Å². The number of sulfonamides is 1. The van der Waals surface area contributed by atoms with E-state index in [1.807, 2.05) is 0 Å². The molecule has 9 heteroatoms. The maximum Gasteiger partial charge on any atom is 0.243 e. The van der Waals surface area contributed by atoms with Crippen molar-refractivity contribution in [1.82, 2.24) is 14.3 Å². The Hall–Kier alpha value is -2.52. The number of benzene rings is 1. The maximum atomic E-state index is 13.2. The van der Waals surface area contributed by atoms with Crippen LogP contribution in [-0.2, 0) is 40.7 Å². The molecule has 2 N–H and O–H groups in total. The molecule has 2 aromatic rings. The van der Waals surface area contributed by atoms with Gasteiger partial charge in [-0.15, -0.1) is 0 Å². The van der Waals surface area contributed by atoms with Crippen LogP contribution in [0.15, 0.2) is 23.2 Å². The lowest BCUT2D eigenvalue weighted by Crippen LogP contribution is -2.33. The zero-order valence-electron chi connectivity index (χ0n) is 14.0. The van der Waals surface area contributed by atoms with E-state index >= 15 is 0 Å². The Balaban J connectivity index is 1.54.